The minimum Gasteiger partial charge on any atom is -0.495 e. The molecule has 2 rings (SSSR count). The third-order valence-electron chi connectivity index (χ3n) is 2.82. The quantitative estimate of drug-likeness (QED) is 0.914. The summed E-state index contributed by atoms with van der Waals surface area (Å²) in [6, 6.07) is 5.65. The molecule has 0 radical (unpaired) electrons. The van der Waals surface area contributed by atoms with Crippen LogP contribution in [-0.2, 0) is 0 Å². The smallest absolute Gasteiger partial charge is 0.161 e. The van der Waals surface area contributed by atoms with Crippen LogP contribution < -0.4 is 10.1 Å². The van der Waals surface area contributed by atoms with Crippen LogP contribution in [0.1, 0.15) is 13.8 Å². The van der Waals surface area contributed by atoms with Crippen molar-refractivity contribution in [2.75, 3.05) is 19.0 Å². The van der Waals surface area contributed by atoms with Gasteiger partial charge in [-0.1, -0.05) is 37.2 Å². The maximum atomic E-state index is 6.08. The molecule has 1 aliphatic heterocycles. The average Bonchev–Trinajstić information content (AvgIpc) is 2.78. The summed E-state index contributed by atoms with van der Waals surface area (Å²) in [5, 5.41) is 5.43. The third-order valence-corrected chi connectivity index (χ3v) is 4.57. The number of rotatable bonds is 3. The summed E-state index contributed by atoms with van der Waals surface area (Å²) in [4.78, 5) is 4.50. The number of thioether (sulfide) groups is 1. The number of hydrogen-bond acceptors (Lipinski definition) is 4. The minimum absolute atomic E-state index is 0.571. The number of nitrogens with zero attached hydrogens (tertiary/aromatic N) is 1. The molecule has 3 nitrogen and oxygen atoms in total. The molecule has 1 aliphatic rings. The van der Waals surface area contributed by atoms with Crippen molar-refractivity contribution in [3.8, 4) is 5.75 Å². The van der Waals surface area contributed by atoms with Crippen LogP contribution in [-0.4, -0.2) is 24.1 Å². The van der Waals surface area contributed by atoms with Crippen molar-refractivity contribution in [3.05, 3.63) is 23.2 Å². The Labute approximate surface area is 117 Å². The largest absolute Gasteiger partial charge is 0.495 e. The lowest BCUT2D eigenvalue weighted by Gasteiger charge is -2.12. The summed E-state index contributed by atoms with van der Waals surface area (Å²) in [5.74, 6) is 1.32. The van der Waals surface area contributed by atoms with Crippen molar-refractivity contribution in [3.63, 3.8) is 0 Å². The lowest BCUT2D eigenvalue weighted by atomic mass is 10.1. The van der Waals surface area contributed by atoms with Gasteiger partial charge in [-0.05, 0) is 24.1 Å². The van der Waals surface area contributed by atoms with Crippen LogP contribution in [0.3, 0.4) is 0 Å². The molecule has 18 heavy (non-hydrogen) atoms. The Kier molecular flexibility index (Phi) is 4.40. The second kappa shape index (κ2) is 5.85. The maximum Gasteiger partial charge on any atom is 0.161 e. The molecule has 0 aromatic heterocycles. The van der Waals surface area contributed by atoms with Gasteiger partial charge < -0.3 is 10.1 Å². The zero-order chi connectivity index (χ0) is 13.1. The molecule has 1 heterocycles. The van der Waals surface area contributed by atoms with Crippen molar-refractivity contribution in [1.82, 2.24) is 0 Å². The first-order valence-electron chi connectivity index (χ1n) is 5.92. The highest BCUT2D eigenvalue weighted by Crippen LogP contribution is 2.30. The molecular formula is C13H17ClN2OS. The summed E-state index contributed by atoms with van der Waals surface area (Å²) in [7, 11) is 1.61. The second-order valence-corrected chi connectivity index (χ2v) is 6.16. The molecule has 0 fully saturated rings. The van der Waals surface area contributed by atoms with Gasteiger partial charge in [-0.15, -0.1) is 0 Å². The van der Waals surface area contributed by atoms with E-state index in [-0.39, 0.29) is 0 Å². The van der Waals surface area contributed by atoms with E-state index in [4.69, 9.17) is 16.3 Å². The van der Waals surface area contributed by atoms with E-state index < -0.39 is 0 Å². The van der Waals surface area contributed by atoms with Gasteiger partial charge >= 0.3 is 0 Å². The number of ether oxygens (including phenoxy) is 1. The first-order valence-corrected chi connectivity index (χ1v) is 7.17. The highest BCUT2D eigenvalue weighted by Gasteiger charge is 2.22. The molecule has 5 heteroatoms. The standard InChI is InChI=1S/C13H17ClN2OS/c1-8(2)12-7-15-13(18-12)16-9-4-5-11(17-3)10(14)6-9/h4-6,8,12H,7H2,1-3H3,(H,15,16). The molecule has 1 aromatic carbocycles. The maximum absolute atomic E-state index is 6.08. The Morgan fingerprint density at radius 3 is 2.83 bits per heavy atom. The number of anilines is 1. The second-order valence-electron chi connectivity index (χ2n) is 4.52. The number of aliphatic imine (C=N–C) groups is 1. The summed E-state index contributed by atoms with van der Waals surface area (Å²) < 4.78 is 5.12. The molecule has 1 atom stereocenters. The van der Waals surface area contributed by atoms with Crippen molar-refractivity contribution in [1.29, 1.82) is 0 Å². The van der Waals surface area contributed by atoms with Crippen LogP contribution in [0.4, 0.5) is 5.69 Å². The Hall–Kier alpha value is -0.870. The van der Waals surface area contributed by atoms with E-state index in [0.717, 1.165) is 17.4 Å². The van der Waals surface area contributed by atoms with Crippen molar-refractivity contribution in [2.45, 2.75) is 19.1 Å². The third kappa shape index (κ3) is 3.12. The van der Waals surface area contributed by atoms with Crippen molar-refractivity contribution >= 4 is 34.2 Å². The van der Waals surface area contributed by atoms with Crippen LogP contribution in [0.25, 0.3) is 0 Å². The topological polar surface area (TPSA) is 33.6 Å². The SMILES string of the molecule is COc1ccc(NC2=NCC(C(C)C)S2)cc1Cl. The fraction of sp³-hybridized carbons (Fsp3) is 0.462. The van der Waals surface area contributed by atoms with E-state index in [9.17, 15) is 0 Å². The first kappa shape index (κ1) is 13.6. The van der Waals surface area contributed by atoms with Crippen LogP contribution in [0.2, 0.25) is 5.02 Å². The molecule has 0 saturated heterocycles. The summed E-state index contributed by atoms with van der Waals surface area (Å²) in [5.41, 5.74) is 0.941. The van der Waals surface area contributed by atoms with Crippen molar-refractivity contribution < 1.29 is 4.74 Å². The number of halogens is 1. The van der Waals surface area contributed by atoms with Gasteiger partial charge in [-0.25, -0.2) is 0 Å². The predicted molar refractivity (Wildman–Crippen MR) is 80.1 cm³/mol. The average molecular weight is 285 g/mol. The number of hydrogen-bond donors (Lipinski definition) is 1. The molecule has 98 valence electrons. The summed E-state index contributed by atoms with van der Waals surface area (Å²) in [6.07, 6.45) is 0. The minimum atomic E-state index is 0.571. The van der Waals surface area contributed by atoms with Crippen LogP contribution in [0.5, 0.6) is 5.75 Å². The van der Waals surface area contributed by atoms with E-state index >= 15 is 0 Å². The van der Waals surface area contributed by atoms with Crippen LogP contribution in [0, 0.1) is 5.92 Å². The van der Waals surface area contributed by atoms with E-state index in [1.54, 1.807) is 18.9 Å². The number of nitrogens with one attached hydrogen (secondary N) is 1. The Bertz CT molecular complexity index is 462. The van der Waals surface area contributed by atoms with E-state index in [1.807, 2.05) is 18.2 Å². The number of amidine groups is 1. The van der Waals surface area contributed by atoms with Gasteiger partial charge in [-0.3, -0.25) is 4.99 Å². The fourth-order valence-electron chi connectivity index (χ4n) is 1.67. The monoisotopic (exact) mass is 284 g/mol. The highest BCUT2D eigenvalue weighted by atomic mass is 35.5. The van der Waals surface area contributed by atoms with Gasteiger partial charge in [0.15, 0.2) is 5.17 Å². The first-order chi connectivity index (χ1) is 8.60. The normalized spacial score (nSPS) is 18.9. The summed E-state index contributed by atoms with van der Waals surface area (Å²) >= 11 is 7.88. The zero-order valence-corrected chi connectivity index (χ0v) is 12.3. The molecule has 1 N–H and O–H groups in total. The summed E-state index contributed by atoms with van der Waals surface area (Å²) in [6.45, 7) is 5.33. The molecule has 0 bridgehead atoms. The Morgan fingerprint density at radius 2 is 2.28 bits per heavy atom. The molecule has 0 spiro atoms. The lowest BCUT2D eigenvalue weighted by molar-refractivity contribution is 0.415. The van der Waals surface area contributed by atoms with E-state index in [0.29, 0.717) is 21.9 Å². The molecule has 1 aromatic rings. The fourth-order valence-corrected chi connectivity index (χ4v) is 2.97. The van der Waals surface area contributed by atoms with E-state index in [1.165, 1.54) is 0 Å². The lowest BCUT2D eigenvalue weighted by Crippen LogP contribution is -2.13. The molecular weight excluding hydrogens is 268 g/mol. The number of methoxy groups -OCH3 is 1. The van der Waals surface area contributed by atoms with Gasteiger partial charge in [0.2, 0.25) is 0 Å². The van der Waals surface area contributed by atoms with Gasteiger partial charge in [0.05, 0.1) is 18.7 Å². The number of benzene rings is 1. The van der Waals surface area contributed by atoms with Gasteiger partial charge in [0.1, 0.15) is 5.75 Å². The van der Waals surface area contributed by atoms with Gasteiger partial charge in [0.25, 0.3) is 0 Å². The van der Waals surface area contributed by atoms with Crippen LogP contribution in [0.15, 0.2) is 23.2 Å². The molecule has 0 saturated carbocycles. The Morgan fingerprint density at radius 1 is 1.50 bits per heavy atom. The van der Waals surface area contributed by atoms with Gasteiger partial charge in [-0.2, -0.15) is 0 Å². The zero-order valence-electron chi connectivity index (χ0n) is 10.7. The van der Waals surface area contributed by atoms with Crippen LogP contribution >= 0.6 is 23.4 Å². The molecule has 1 unspecified atom stereocenters. The van der Waals surface area contributed by atoms with Crippen molar-refractivity contribution in [2.24, 2.45) is 10.9 Å². The molecule has 0 aliphatic carbocycles. The van der Waals surface area contributed by atoms with Gasteiger partial charge in [0, 0.05) is 10.9 Å². The Balaban J connectivity index is 2.01. The van der Waals surface area contributed by atoms with E-state index in [2.05, 4.69) is 24.2 Å². The highest BCUT2D eigenvalue weighted by molar-refractivity contribution is 8.15. The predicted octanol–water partition coefficient (Wildman–Crippen LogP) is 3.89. The molecule has 0 amide bonds.